The molecule has 0 aromatic rings. The van der Waals surface area contributed by atoms with Gasteiger partial charge in [-0.2, -0.15) is 0 Å². The van der Waals surface area contributed by atoms with E-state index in [0.29, 0.717) is 0 Å². The summed E-state index contributed by atoms with van der Waals surface area (Å²) in [4.78, 5) is 26.6. The minimum Gasteiger partial charge on any atom is -0.341 e. The topological polar surface area (TPSA) is 40.6 Å². The lowest BCUT2D eigenvalue weighted by atomic mass is 10.3. The molecule has 1 aliphatic heterocycles. The fourth-order valence-electron chi connectivity index (χ4n) is 1.70. The van der Waals surface area contributed by atoms with Gasteiger partial charge in [0.2, 0.25) is 11.8 Å². The second-order valence-electron chi connectivity index (χ2n) is 4.50. The van der Waals surface area contributed by atoms with Crippen LogP contribution in [0.1, 0.15) is 26.7 Å². The van der Waals surface area contributed by atoms with E-state index < -0.39 is 0 Å². The molecule has 1 heterocycles. The third-order valence-electron chi connectivity index (χ3n) is 2.62. The van der Waals surface area contributed by atoms with Crippen molar-refractivity contribution in [1.82, 2.24) is 9.80 Å². The maximum atomic E-state index is 11.8. The van der Waals surface area contributed by atoms with Gasteiger partial charge < -0.3 is 9.80 Å². The van der Waals surface area contributed by atoms with Gasteiger partial charge in [0.05, 0.1) is 6.54 Å². The van der Waals surface area contributed by atoms with Gasteiger partial charge in [-0.05, 0) is 26.7 Å². The Morgan fingerprint density at radius 3 is 2.31 bits per heavy atom. The van der Waals surface area contributed by atoms with Crippen molar-refractivity contribution in [3.05, 3.63) is 11.6 Å². The first-order valence-corrected chi connectivity index (χ1v) is 5.68. The van der Waals surface area contributed by atoms with Gasteiger partial charge in [0.15, 0.2) is 0 Å². The van der Waals surface area contributed by atoms with Crippen LogP contribution in [0.25, 0.3) is 0 Å². The number of hydrogen-bond acceptors (Lipinski definition) is 2. The fourth-order valence-corrected chi connectivity index (χ4v) is 1.70. The molecule has 16 heavy (non-hydrogen) atoms. The molecule has 0 unspecified atom stereocenters. The second kappa shape index (κ2) is 5.68. The third kappa shape index (κ3) is 3.68. The second-order valence-corrected chi connectivity index (χ2v) is 4.50. The first-order chi connectivity index (χ1) is 7.50. The molecule has 2 amide bonds. The zero-order valence-corrected chi connectivity index (χ0v) is 10.3. The summed E-state index contributed by atoms with van der Waals surface area (Å²) in [6, 6.07) is 0. The van der Waals surface area contributed by atoms with E-state index in [0.717, 1.165) is 31.5 Å². The highest BCUT2D eigenvalue weighted by molar-refractivity contribution is 5.91. The quantitative estimate of drug-likeness (QED) is 0.672. The van der Waals surface area contributed by atoms with Crippen molar-refractivity contribution in [2.24, 2.45) is 0 Å². The summed E-state index contributed by atoms with van der Waals surface area (Å²) in [7, 11) is 1.66. The lowest BCUT2D eigenvalue weighted by Gasteiger charge is -2.20. The predicted molar refractivity (Wildman–Crippen MR) is 62.9 cm³/mol. The average molecular weight is 224 g/mol. The Morgan fingerprint density at radius 2 is 1.81 bits per heavy atom. The summed E-state index contributed by atoms with van der Waals surface area (Å²) in [6.07, 6.45) is 3.71. The lowest BCUT2D eigenvalue weighted by Crippen LogP contribution is -2.39. The van der Waals surface area contributed by atoms with Crippen molar-refractivity contribution in [3.63, 3.8) is 0 Å². The maximum absolute atomic E-state index is 11.8. The van der Waals surface area contributed by atoms with Crippen molar-refractivity contribution in [1.29, 1.82) is 0 Å². The minimum atomic E-state index is -0.104. The van der Waals surface area contributed by atoms with Crippen LogP contribution in [-0.4, -0.2) is 48.3 Å². The molecule has 0 atom stereocenters. The molecule has 0 aromatic carbocycles. The first-order valence-electron chi connectivity index (χ1n) is 5.68. The smallest absolute Gasteiger partial charge is 0.246 e. The molecule has 0 aliphatic carbocycles. The van der Waals surface area contributed by atoms with Crippen LogP contribution < -0.4 is 0 Å². The Balaban J connectivity index is 2.44. The number of nitrogens with zero attached hydrogens (tertiary/aromatic N) is 2. The largest absolute Gasteiger partial charge is 0.341 e. The molecule has 0 spiro atoms. The van der Waals surface area contributed by atoms with Gasteiger partial charge in [-0.3, -0.25) is 9.59 Å². The van der Waals surface area contributed by atoms with E-state index in [1.165, 1.54) is 4.90 Å². The Kier molecular flexibility index (Phi) is 4.52. The molecular weight excluding hydrogens is 204 g/mol. The molecular formula is C12H20N2O2. The zero-order chi connectivity index (χ0) is 12.1. The molecule has 0 radical (unpaired) electrons. The summed E-state index contributed by atoms with van der Waals surface area (Å²) in [5.41, 5.74) is 0.950. The van der Waals surface area contributed by atoms with Gasteiger partial charge in [-0.1, -0.05) is 5.57 Å². The SMILES string of the molecule is CC(C)=CC(=O)N(C)CC(=O)N1CCCC1. The average Bonchev–Trinajstić information content (AvgIpc) is 2.68. The van der Waals surface area contributed by atoms with Crippen LogP contribution in [0.2, 0.25) is 0 Å². The molecule has 1 fully saturated rings. The molecule has 4 nitrogen and oxygen atoms in total. The van der Waals surface area contributed by atoms with Crippen molar-refractivity contribution in [2.45, 2.75) is 26.7 Å². The molecule has 0 saturated carbocycles. The van der Waals surface area contributed by atoms with Gasteiger partial charge in [0.1, 0.15) is 0 Å². The highest BCUT2D eigenvalue weighted by atomic mass is 16.2. The van der Waals surface area contributed by atoms with Crippen molar-refractivity contribution in [3.8, 4) is 0 Å². The highest BCUT2D eigenvalue weighted by Gasteiger charge is 2.20. The summed E-state index contributed by atoms with van der Waals surface area (Å²) in [6.45, 7) is 5.59. The number of hydrogen-bond donors (Lipinski definition) is 0. The molecule has 0 bridgehead atoms. The standard InChI is InChI=1S/C12H20N2O2/c1-10(2)8-11(15)13(3)9-12(16)14-6-4-5-7-14/h8H,4-7,9H2,1-3H3. The van der Waals surface area contributed by atoms with Gasteiger partial charge in [-0.25, -0.2) is 0 Å². The van der Waals surface area contributed by atoms with E-state index in [9.17, 15) is 9.59 Å². The Morgan fingerprint density at radius 1 is 1.25 bits per heavy atom. The Labute approximate surface area is 96.9 Å². The maximum Gasteiger partial charge on any atom is 0.246 e. The van der Waals surface area contributed by atoms with E-state index in [1.807, 2.05) is 18.7 Å². The normalized spacial score (nSPS) is 14.8. The molecule has 0 N–H and O–H groups in total. The number of likely N-dealkylation sites (tertiary alicyclic amines) is 1. The van der Waals surface area contributed by atoms with Crippen LogP contribution in [-0.2, 0) is 9.59 Å². The molecule has 1 rings (SSSR count). The van der Waals surface area contributed by atoms with Gasteiger partial charge >= 0.3 is 0 Å². The Bertz CT molecular complexity index is 300. The number of allylic oxidation sites excluding steroid dienone is 1. The number of carbonyl (C=O) groups excluding carboxylic acids is 2. The number of carbonyl (C=O) groups is 2. The van der Waals surface area contributed by atoms with Crippen LogP contribution in [0.4, 0.5) is 0 Å². The van der Waals surface area contributed by atoms with Crippen LogP contribution in [0, 0.1) is 0 Å². The fraction of sp³-hybridized carbons (Fsp3) is 0.667. The number of amides is 2. The van der Waals surface area contributed by atoms with Gasteiger partial charge in [0, 0.05) is 26.2 Å². The van der Waals surface area contributed by atoms with E-state index in [1.54, 1.807) is 13.1 Å². The van der Waals surface area contributed by atoms with Crippen molar-refractivity contribution >= 4 is 11.8 Å². The molecule has 4 heteroatoms. The van der Waals surface area contributed by atoms with E-state index in [2.05, 4.69) is 0 Å². The third-order valence-corrected chi connectivity index (χ3v) is 2.62. The van der Waals surface area contributed by atoms with Crippen molar-refractivity contribution < 1.29 is 9.59 Å². The number of likely N-dealkylation sites (N-methyl/N-ethyl adjacent to an activating group) is 1. The molecule has 1 saturated heterocycles. The summed E-state index contributed by atoms with van der Waals surface area (Å²) in [5.74, 6) is -0.0527. The van der Waals surface area contributed by atoms with E-state index in [4.69, 9.17) is 0 Å². The molecule has 90 valence electrons. The summed E-state index contributed by atoms with van der Waals surface area (Å²) in [5, 5.41) is 0. The number of rotatable bonds is 3. The van der Waals surface area contributed by atoms with Crippen LogP contribution in [0.3, 0.4) is 0 Å². The molecule has 0 aromatic heterocycles. The predicted octanol–water partition coefficient (Wildman–Crippen LogP) is 1.03. The van der Waals surface area contributed by atoms with Crippen molar-refractivity contribution in [2.75, 3.05) is 26.7 Å². The first kappa shape index (κ1) is 12.7. The zero-order valence-electron chi connectivity index (χ0n) is 10.3. The van der Waals surface area contributed by atoms with E-state index in [-0.39, 0.29) is 18.4 Å². The lowest BCUT2D eigenvalue weighted by molar-refractivity contribution is -0.136. The van der Waals surface area contributed by atoms with Gasteiger partial charge in [-0.15, -0.1) is 0 Å². The highest BCUT2D eigenvalue weighted by Crippen LogP contribution is 2.07. The minimum absolute atomic E-state index is 0.0514. The monoisotopic (exact) mass is 224 g/mol. The van der Waals surface area contributed by atoms with E-state index >= 15 is 0 Å². The van der Waals surface area contributed by atoms with Crippen LogP contribution in [0.15, 0.2) is 11.6 Å². The summed E-state index contributed by atoms with van der Waals surface area (Å²) >= 11 is 0. The molecule has 1 aliphatic rings. The van der Waals surface area contributed by atoms with Crippen LogP contribution >= 0.6 is 0 Å². The Hall–Kier alpha value is -1.32. The van der Waals surface area contributed by atoms with Gasteiger partial charge in [0.25, 0.3) is 0 Å². The summed E-state index contributed by atoms with van der Waals surface area (Å²) < 4.78 is 0. The van der Waals surface area contributed by atoms with Crippen LogP contribution in [0.5, 0.6) is 0 Å².